The maximum atomic E-state index is 6.56. The zero-order chi connectivity index (χ0) is 35.2. The molecule has 0 N–H and O–H groups in total. The van der Waals surface area contributed by atoms with Crippen LogP contribution in [0.15, 0.2) is 97.1 Å². The van der Waals surface area contributed by atoms with Crippen molar-refractivity contribution in [3.8, 4) is 23.0 Å². The van der Waals surface area contributed by atoms with Crippen LogP contribution in [-0.4, -0.2) is 6.79 Å². The molecular weight excluding hydrogens is 650 g/mol. The average Bonchev–Trinajstić information content (AvgIpc) is 3.14. The summed E-state index contributed by atoms with van der Waals surface area (Å²) >= 11 is 0. The molecule has 0 bridgehead atoms. The third-order valence-corrected chi connectivity index (χ3v) is 11.3. The molecule has 0 aliphatic heterocycles. The average molecular weight is 705 g/mol. The van der Waals surface area contributed by atoms with Crippen molar-refractivity contribution in [2.45, 2.75) is 105 Å². The summed E-state index contributed by atoms with van der Waals surface area (Å²) in [6.45, 7) is 17.3. The van der Waals surface area contributed by atoms with Crippen molar-refractivity contribution in [3.05, 3.63) is 119 Å². The summed E-state index contributed by atoms with van der Waals surface area (Å²) in [5.41, 5.74) is 4.44. The second-order valence-electron chi connectivity index (χ2n) is 12.6. The minimum Gasteiger partial charge on any atom is -0.417 e. The van der Waals surface area contributed by atoms with E-state index in [2.05, 4.69) is 79.7 Å². The minimum absolute atomic E-state index is 0.161. The first kappa shape index (κ1) is 38.7. The van der Waals surface area contributed by atoms with Gasteiger partial charge in [0.05, 0.1) is 0 Å². The molecule has 0 radical (unpaired) electrons. The fourth-order valence-corrected chi connectivity index (χ4v) is 7.29. The smallest absolute Gasteiger partial charge is 0.417 e. The molecule has 264 valence electrons. The predicted molar refractivity (Wildman–Crippen MR) is 204 cm³/mol. The van der Waals surface area contributed by atoms with E-state index in [1.54, 1.807) is 0 Å². The molecule has 0 saturated heterocycles. The van der Waals surface area contributed by atoms with E-state index >= 15 is 0 Å². The van der Waals surface area contributed by atoms with Gasteiger partial charge in [-0.25, -0.2) is 0 Å². The molecule has 0 spiro atoms. The lowest BCUT2D eigenvalue weighted by atomic mass is 9.98. The normalized spacial score (nSPS) is 15.0. The lowest BCUT2D eigenvalue weighted by molar-refractivity contribution is 0.0986. The van der Waals surface area contributed by atoms with Gasteiger partial charge in [-0.2, -0.15) is 0 Å². The van der Waals surface area contributed by atoms with Crippen LogP contribution in [0, 0.1) is 0 Å². The molecule has 4 unspecified atom stereocenters. The maximum absolute atomic E-state index is 6.56. The van der Waals surface area contributed by atoms with Gasteiger partial charge in [-0.15, -0.1) is 0 Å². The third-order valence-electron chi connectivity index (χ3n) is 9.26. The van der Waals surface area contributed by atoms with Gasteiger partial charge in [-0.3, -0.25) is 9.05 Å². The molecule has 8 heteroatoms. The van der Waals surface area contributed by atoms with E-state index in [-0.39, 0.29) is 6.79 Å². The summed E-state index contributed by atoms with van der Waals surface area (Å²) in [5, 5.41) is 0. The molecule has 49 heavy (non-hydrogen) atoms. The molecule has 4 rings (SSSR count). The molecule has 0 fully saturated rings. The fraction of sp³-hybridized carbons (Fsp3) is 0.415. The van der Waals surface area contributed by atoms with Gasteiger partial charge in [0.2, 0.25) is 0 Å². The van der Waals surface area contributed by atoms with Crippen LogP contribution in [0.3, 0.4) is 0 Å². The molecule has 0 amide bonds. The monoisotopic (exact) mass is 704 g/mol. The number of hydrogen-bond acceptors (Lipinski definition) is 6. The van der Waals surface area contributed by atoms with Gasteiger partial charge in [-0.1, -0.05) is 128 Å². The number of hydrogen-bond donors (Lipinski definition) is 0. The Morgan fingerprint density at radius 1 is 0.388 bits per heavy atom. The van der Waals surface area contributed by atoms with Crippen molar-refractivity contribution >= 4 is 17.2 Å². The van der Waals surface area contributed by atoms with E-state index in [0.29, 0.717) is 23.7 Å². The Balaban J connectivity index is 1.63. The summed E-state index contributed by atoms with van der Waals surface area (Å²) in [6.07, 6.45) is 3.93. The second-order valence-corrected chi connectivity index (χ2v) is 14.7. The van der Waals surface area contributed by atoms with E-state index in [1.165, 1.54) is 0 Å². The minimum atomic E-state index is -1.92. The standard InChI is InChI=1S/C41H54O6P2/c1-9-30(5)34-21-13-17-25-38(34)44-48(45-39-26-18-14-22-35(39)31(6)10-2)42-29-43-49(46-40-27-19-15-23-36(40)32(7)11-3)47-41-28-20-16-24-37(41)33(8)12-4/h13-28,30-33H,9-12,29H2,1-8H3. The van der Waals surface area contributed by atoms with Gasteiger partial charge in [0.25, 0.3) is 0 Å². The maximum Gasteiger partial charge on any atom is 0.465 e. The highest BCUT2D eigenvalue weighted by Crippen LogP contribution is 2.49. The molecule has 6 nitrogen and oxygen atoms in total. The Kier molecular flexibility index (Phi) is 15.7. The molecular formula is C41H54O6P2. The zero-order valence-electron chi connectivity index (χ0n) is 30.4. The topological polar surface area (TPSA) is 55.4 Å². The summed E-state index contributed by atoms with van der Waals surface area (Å²) in [7, 11) is -3.84. The molecule has 0 heterocycles. The Labute approximate surface area is 297 Å². The number of rotatable bonds is 20. The van der Waals surface area contributed by atoms with E-state index in [1.807, 2.05) is 72.8 Å². The number of para-hydroxylation sites is 4. The van der Waals surface area contributed by atoms with Crippen LogP contribution in [0.25, 0.3) is 0 Å². The van der Waals surface area contributed by atoms with Gasteiger partial charge in [0.15, 0.2) is 6.79 Å². The van der Waals surface area contributed by atoms with E-state index in [9.17, 15) is 0 Å². The molecule has 4 aromatic carbocycles. The van der Waals surface area contributed by atoms with Crippen LogP contribution in [0.1, 0.15) is 127 Å². The first-order valence-electron chi connectivity index (χ1n) is 17.7. The molecule has 4 atom stereocenters. The van der Waals surface area contributed by atoms with Gasteiger partial charge in [-0.05, 0) is 95.9 Å². The van der Waals surface area contributed by atoms with Gasteiger partial charge < -0.3 is 18.1 Å². The van der Waals surface area contributed by atoms with Crippen molar-refractivity contribution in [2.75, 3.05) is 6.79 Å². The van der Waals surface area contributed by atoms with Crippen LogP contribution in [0.4, 0.5) is 0 Å². The predicted octanol–water partition coefficient (Wildman–Crippen LogP) is 13.8. The Bertz CT molecular complexity index is 1340. The molecule has 4 aromatic rings. The highest BCUT2D eigenvalue weighted by atomic mass is 31.2. The van der Waals surface area contributed by atoms with Crippen LogP contribution < -0.4 is 18.1 Å². The van der Waals surface area contributed by atoms with E-state index < -0.39 is 17.2 Å². The summed E-state index contributed by atoms with van der Waals surface area (Å²) in [4.78, 5) is 0. The molecule has 0 saturated carbocycles. The summed E-state index contributed by atoms with van der Waals surface area (Å²) in [5.74, 6) is 4.19. The Hall–Kier alpha value is -3.14. The van der Waals surface area contributed by atoms with Crippen LogP contribution in [-0.2, 0) is 9.05 Å². The largest absolute Gasteiger partial charge is 0.465 e. The first-order chi connectivity index (χ1) is 23.8. The highest BCUT2D eigenvalue weighted by molar-refractivity contribution is 7.43. The number of benzene rings is 4. The van der Waals surface area contributed by atoms with Crippen LogP contribution >= 0.6 is 17.2 Å². The Morgan fingerprint density at radius 3 is 0.837 bits per heavy atom. The van der Waals surface area contributed by atoms with Crippen molar-refractivity contribution in [1.29, 1.82) is 0 Å². The molecule has 0 aliphatic carbocycles. The molecule has 0 aliphatic rings. The first-order valence-corrected chi connectivity index (χ1v) is 19.9. The summed E-state index contributed by atoms with van der Waals surface area (Å²) < 4.78 is 38.9. The summed E-state index contributed by atoms with van der Waals surface area (Å²) in [6, 6.07) is 32.4. The van der Waals surface area contributed by atoms with Gasteiger partial charge in [0, 0.05) is 0 Å². The van der Waals surface area contributed by atoms with Crippen molar-refractivity contribution < 1.29 is 27.1 Å². The van der Waals surface area contributed by atoms with Crippen molar-refractivity contribution in [1.82, 2.24) is 0 Å². The zero-order valence-corrected chi connectivity index (χ0v) is 32.2. The lowest BCUT2D eigenvalue weighted by Crippen LogP contribution is -2.09. The highest BCUT2D eigenvalue weighted by Gasteiger charge is 2.27. The van der Waals surface area contributed by atoms with Crippen LogP contribution in [0.5, 0.6) is 23.0 Å². The Morgan fingerprint density at radius 2 is 0.612 bits per heavy atom. The van der Waals surface area contributed by atoms with E-state index in [4.69, 9.17) is 27.1 Å². The van der Waals surface area contributed by atoms with Gasteiger partial charge in [0.1, 0.15) is 23.0 Å². The molecule has 0 aromatic heterocycles. The SMILES string of the molecule is CCC(C)c1ccccc1OP(OCOP(Oc1ccccc1C(C)CC)Oc1ccccc1C(C)CC)Oc1ccccc1C(C)CC. The lowest BCUT2D eigenvalue weighted by Gasteiger charge is -2.24. The van der Waals surface area contributed by atoms with Gasteiger partial charge >= 0.3 is 17.2 Å². The van der Waals surface area contributed by atoms with Crippen molar-refractivity contribution in [3.63, 3.8) is 0 Å². The van der Waals surface area contributed by atoms with E-state index in [0.717, 1.165) is 70.9 Å². The van der Waals surface area contributed by atoms with Crippen LogP contribution in [0.2, 0.25) is 0 Å². The fourth-order valence-electron chi connectivity index (χ4n) is 5.34. The quantitative estimate of drug-likeness (QED) is 0.0674. The van der Waals surface area contributed by atoms with Crippen molar-refractivity contribution in [2.24, 2.45) is 0 Å². The second kappa shape index (κ2) is 19.9. The third kappa shape index (κ3) is 10.9.